The molecule has 0 saturated carbocycles. The highest BCUT2D eigenvalue weighted by atomic mass is 35.5. The molecule has 0 aromatic heterocycles. The van der Waals surface area contributed by atoms with Crippen LogP contribution in [0, 0.1) is 11.3 Å². The van der Waals surface area contributed by atoms with Crippen LogP contribution in [-0.4, -0.2) is 39.5 Å². The van der Waals surface area contributed by atoms with E-state index in [1.54, 1.807) is 12.1 Å². The van der Waals surface area contributed by atoms with Crippen LogP contribution in [0.5, 0.6) is 0 Å². The highest BCUT2D eigenvalue weighted by Crippen LogP contribution is 2.40. The smallest absolute Gasteiger partial charge is 0.217 e. The van der Waals surface area contributed by atoms with Crippen LogP contribution in [0.15, 0.2) is 12.1 Å². The van der Waals surface area contributed by atoms with Crippen molar-refractivity contribution in [2.24, 2.45) is 0 Å². The molecule has 0 radical (unpaired) electrons. The minimum Gasteiger partial charge on any atom is -0.410 e. The first kappa shape index (κ1) is 21.5. The summed E-state index contributed by atoms with van der Waals surface area (Å²) in [6, 6.07) is 5.26. The Hall–Kier alpha value is -1.75. The molecule has 8 heteroatoms. The summed E-state index contributed by atoms with van der Waals surface area (Å²) in [4.78, 5) is 13.7. The molecular formula is C19H29ClN4O2Si. The van der Waals surface area contributed by atoms with Gasteiger partial charge in [0.25, 0.3) is 0 Å². The van der Waals surface area contributed by atoms with E-state index in [-0.39, 0.29) is 23.1 Å². The van der Waals surface area contributed by atoms with E-state index in [1.807, 2.05) is 4.90 Å². The number of anilines is 2. The standard InChI is InChI=1S/C19H29ClN4O2Si/c1-12(25)23-15-10-24(11-17(15)26-27(5,6)19(2,3)4)16-8-13(9-21)7-14(22)18(16)20/h7-8,15,17H,10-11,22H2,1-6H3,(H,23,25)/t15-,17-/m1/s1. The van der Waals surface area contributed by atoms with Crippen molar-refractivity contribution in [3.63, 3.8) is 0 Å². The number of hydrogen-bond acceptors (Lipinski definition) is 5. The van der Waals surface area contributed by atoms with Crippen LogP contribution in [0.1, 0.15) is 33.3 Å². The van der Waals surface area contributed by atoms with Crippen LogP contribution in [0.4, 0.5) is 11.4 Å². The summed E-state index contributed by atoms with van der Waals surface area (Å²) in [7, 11) is -2.02. The lowest BCUT2D eigenvalue weighted by Crippen LogP contribution is -2.50. The molecule has 3 N–H and O–H groups in total. The minimum absolute atomic E-state index is 0.0595. The maximum Gasteiger partial charge on any atom is 0.217 e. The molecular weight excluding hydrogens is 380 g/mol. The van der Waals surface area contributed by atoms with Gasteiger partial charge in [-0.1, -0.05) is 32.4 Å². The number of nitriles is 1. The van der Waals surface area contributed by atoms with Gasteiger partial charge in [0.15, 0.2) is 8.32 Å². The molecule has 0 aliphatic carbocycles. The van der Waals surface area contributed by atoms with E-state index in [0.29, 0.717) is 35.1 Å². The monoisotopic (exact) mass is 408 g/mol. The van der Waals surface area contributed by atoms with Gasteiger partial charge in [-0.3, -0.25) is 4.79 Å². The van der Waals surface area contributed by atoms with Crippen molar-refractivity contribution in [1.29, 1.82) is 5.26 Å². The van der Waals surface area contributed by atoms with Crippen molar-refractivity contribution in [3.05, 3.63) is 22.7 Å². The summed E-state index contributed by atoms with van der Waals surface area (Å²) in [5, 5.41) is 12.7. The van der Waals surface area contributed by atoms with Crippen molar-refractivity contribution in [1.82, 2.24) is 5.32 Å². The van der Waals surface area contributed by atoms with Crippen LogP contribution in [0.2, 0.25) is 23.2 Å². The second kappa shape index (κ2) is 7.70. The molecule has 6 nitrogen and oxygen atoms in total. The number of hydrogen-bond donors (Lipinski definition) is 2. The third-order valence-electron chi connectivity index (χ3n) is 5.46. The Morgan fingerprint density at radius 1 is 1.41 bits per heavy atom. The number of nitrogens with zero attached hydrogens (tertiary/aromatic N) is 2. The van der Waals surface area contributed by atoms with E-state index in [2.05, 4.69) is 45.3 Å². The number of nitrogens with one attached hydrogen (secondary N) is 1. The van der Waals surface area contributed by atoms with Gasteiger partial charge in [-0.25, -0.2) is 0 Å². The molecule has 0 bridgehead atoms. The molecule has 1 aliphatic rings. The molecule has 1 aromatic carbocycles. The van der Waals surface area contributed by atoms with E-state index in [9.17, 15) is 10.1 Å². The number of carbonyl (C=O) groups excluding carboxylic acids is 1. The molecule has 2 atom stereocenters. The first-order chi connectivity index (χ1) is 12.4. The molecule has 1 heterocycles. The predicted octanol–water partition coefficient (Wildman–Crippen LogP) is 3.51. The SMILES string of the molecule is CC(=O)N[C@@H]1CN(c2cc(C#N)cc(N)c2Cl)C[C@H]1O[Si](C)(C)C(C)(C)C. The van der Waals surface area contributed by atoms with E-state index < -0.39 is 8.32 Å². The molecule has 1 aromatic rings. The zero-order valence-electron chi connectivity index (χ0n) is 16.9. The van der Waals surface area contributed by atoms with Gasteiger partial charge in [-0.2, -0.15) is 5.26 Å². The van der Waals surface area contributed by atoms with Crippen LogP contribution < -0.4 is 16.0 Å². The van der Waals surface area contributed by atoms with Gasteiger partial charge < -0.3 is 20.4 Å². The van der Waals surface area contributed by atoms with Crippen molar-refractivity contribution < 1.29 is 9.22 Å². The van der Waals surface area contributed by atoms with Crippen molar-refractivity contribution >= 4 is 37.2 Å². The molecule has 1 aliphatic heterocycles. The normalized spacial score (nSPS) is 20.4. The summed E-state index contributed by atoms with van der Waals surface area (Å²) in [6.07, 6.45) is -0.155. The van der Waals surface area contributed by atoms with E-state index in [0.717, 1.165) is 0 Å². The lowest BCUT2D eigenvalue weighted by atomic mass is 10.1. The predicted molar refractivity (Wildman–Crippen MR) is 112 cm³/mol. The average Bonchev–Trinajstić information content (AvgIpc) is 2.89. The first-order valence-electron chi connectivity index (χ1n) is 9.04. The van der Waals surface area contributed by atoms with E-state index in [1.165, 1.54) is 6.92 Å². The highest BCUT2D eigenvalue weighted by Gasteiger charge is 2.44. The largest absolute Gasteiger partial charge is 0.410 e. The summed E-state index contributed by atoms with van der Waals surface area (Å²) in [6.45, 7) is 13.6. The van der Waals surface area contributed by atoms with Crippen molar-refractivity contribution in [2.75, 3.05) is 23.7 Å². The van der Waals surface area contributed by atoms with E-state index >= 15 is 0 Å². The topological polar surface area (TPSA) is 91.4 Å². The minimum atomic E-state index is -2.02. The number of halogens is 1. The second-order valence-corrected chi connectivity index (χ2v) is 13.8. The molecule has 1 saturated heterocycles. The van der Waals surface area contributed by atoms with Gasteiger partial charge in [0.1, 0.15) is 0 Å². The Labute approximate surface area is 167 Å². The summed E-state index contributed by atoms with van der Waals surface area (Å²) in [5.74, 6) is -0.0953. The number of nitrogen functional groups attached to an aromatic ring is 1. The molecule has 0 unspecified atom stereocenters. The number of benzene rings is 1. The Balaban J connectivity index is 2.34. The molecule has 27 heavy (non-hydrogen) atoms. The van der Waals surface area contributed by atoms with Gasteiger partial charge in [-0.05, 0) is 30.3 Å². The van der Waals surface area contributed by atoms with Gasteiger partial charge in [-0.15, -0.1) is 0 Å². The Morgan fingerprint density at radius 2 is 2.04 bits per heavy atom. The van der Waals surface area contributed by atoms with Gasteiger partial charge >= 0.3 is 0 Å². The lowest BCUT2D eigenvalue weighted by molar-refractivity contribution is -0.120. The highest BCUT2D eigenvalue weighted by molar-refractivity contribution is 6.74. The average molecular weight is 409 g/mol. The molecule has 1 amide bonds. The Morgan fingerprint density at radius 3 is 2.56 bits per heavy atom. The zero-order chi connectivity index (χ0) is 20.6. The Bertz CT molecular complexity index is 770. The fourth-order valence-corrected chi connectivity index (χ4v) is 4.55. The fraction of sp³-hybridized carbons (Fsp3) is 0.579. The van der Waals surface area contributed by atoms with Gasteiger partial charge in [0.05, 0.1) is 40.2 Å². The maximum atomic E-state index is 11.7. The molecule has 1 fully saturated rings. The summed E-state index contributed by atoms with van der Waals surface area (Å²) < 4.78 is 6.60. The van der Waals surface area contributed by atoms with Crippen LogP contribution in [-0.2, 0) is 9.22 Å². The van der Waals surface area contributed by atoms with Crippen molar-refractivity contribution in [3.8, 4) is 6.07 Å². The van der Waals surface area contributed by atoms with Crippen molar-refractivity contribution in [2.45, 2.75) is 58.0 Å². The number of amides is 1. The van der Waals surface area contributed by atoms with Gasteiger partial charge in [0.2, 0.25) is 5.91 Å². The maximum absolute atomic E-state index is 11.7. The number of nitrogens with two attached hydrogens (primary N) is 1. The van der Waals surface area contributed by atoms with Gasteiger partial charge in [0, 0.05) is 20.0 Å². The quantitative estimate of drug-likeness (QED) is 0.587. The van der Waals surface area contributed by atoms with Crippen LogP contribution in [0.25, 0.3) is 0 Å². The first-order valence-corrected chi connectivity index (χ1v) is 12.3. The molecule has 148 valence electrons. The summed E-state index contributed by atoms with van der Waals surface area (Å²) in [5.41, 5.74) is 7.49. The lowest BCUT2D eigenvalue weighted by Gasteiger charge is -2.39. The molecule has 2 rings (SSSR count). The van der Waals surface area contributed by atoms with E-state index in [4.69, 9.17) is 21.8 Å². The Kier molecular flexibility index (Phi) is 6.15. The molecule has 0 spiro atoms. The third-order valence-corrected chi connectivity index (χ3v) is 10.4. The third kappa shape index (κ3) is 4.75. The second-order valence-electron chi connectivity index (χ2n) is 8.64. The van der Waals surface area contributed by atoms with Crippen LogP contribution >= 0.6 is 11.6 Å². The zero-order valence-corrected chi connectivity index (χ0v) is 18.6. The number of carbonyl (C=O) groups is 1. The fourth-order valence-electron chi connectivity index (χ4n) is 2.97. The summed E-state index contributed by atoms with van der Waals surface area (Å²) >= 11 is 6.41. The van der Waals surface area contributed by atoms with Crippen LogP contribution in [0.3, 0.4) is 0 Å². The number of rotatable bonds is 4.